The minimum Gasteiger partial charge on any atom is -0.318 e. The molecular weight excluding hydrogens is 865 g/mol. The standard InChI is InChI=1S/C62H32N4S2/c1-64-56-52(35-16-4-2-5-17-35)47(34-63)57(53(36-18-6-3-7-19-36)60(56)65-48-26-14-24-41-37-20-8-9-21-38(37)42-25-15-27-49(65)55(42)54(41)48)66-58-43(30-32-45-39-22-10-12-28-50(39)67-61(45)58)44-31-33-46-40-23-11-13-29-51(40)68-62(46)59(44)66/h2-33H/i8D,9D,14D,20D,21D,24D,26D. The maximum Gasteiger partial charge on any atom is 0.220 e. The van der Waals surface area contributed by atoms with Crippen molar-refractivity contribution in [1.29, 1.82) is 5.26 Å². The van der Waals surface area contributed by atoms with E-state index >= 15 is 0 Å². The van der Waals surface area contributed by atoms with Crippen molar-refractivity contribution in [2.24, 2.45) is 0 Å². The number of nitriles is 1. The van der Waals surface area contributed by atoms with Crippen molar-refractivity contribution in [2.75, 3.05) is 0 Å². The average molecular weight is 904 g/mol. The van der Waals surface area contributed by atoms with E-state index < -0.39 is 18.1 Å². The van der Waals surface area contributed by atoms with Crippen molar-refractivity contribution in [3.05, 3.63) is 211 Å². The Hall–Kier alpha value is -8.78. The quantitative estimate of drug-likeness (QED) is 0.128. The van der Waals surface area contributed by atoms with Crippen LogP contribution in [-0.2, 0) is 0 Å². The smallest absolute Gasteiger partial charge is 0.220 e. The Balaban J connectivity index is 1.28. The van der Waals surface area contributed by atoms with Crippen LogP contribution in [0.3, 0.4) is 0 Å². The highest BCUT2D eigenvalue weighted by Crippen LogP contribution is 2.55. The molecule has 0 spiro atoms. The highest BCUT2D eigenvalue weighted by atomic mass is 32.1. The summed E-state index contributed by atoms with van der Waals surface area (Å²) in [5.41, 5.74) is 5.88. The average Bonchev–Trinajstić information content (AvgIpc) is 4.33. The Bertz CT molecular complexity index is 5050. The van der Waals surface area contributed by atoms with E-state index in [1.807, 2.05) is 89.5 Å². The van der Waals surface area contributed by atoms with Crippen LogP contribution in [0.1, 0.15) is 15.2 Å². The first-order valence-electron chi connectivity index (χ1n) is 25.6. The van der Waals surface area contributed by atoms with Crippen molar-refractivity contribution < 1.29 is 9.60 Å². The first-order valence-corrected chi connectivity index (χ1v) is 23.8. The lowest BCUT2D eigenvalue weighted by Gasteiger charge is -2.26. The SMILES string of the molecule is [2H]c1c([2H])c([2H])c2c(c1[2H])c1cccc3c1c1c2c([2H])c([2H])c([2H])c1n3-c1c([N+]#[C-])c(-c2ccccc2)c(C#N)c(-n2c3c(ccc4c5ccccc5sc43)c3ccc4c5ccccc5sc4c32)c1-c1ccccc1. The van der Waals surface area contributed by atoms with Crippen LogP contribution >= 0.6 is 22.7 Å². The molecule has 0 atom stereocenters. The predicted molar refractivity (Wildman–Crippen MR) is 289 cm³/mol. The Kier molecular flexibility index (Phi) is 6.36. The molecule has 0 unspecified atom stereocenters. The van der Waals surface area contributed by atoms with Gasteiger partial charge in [0.05, 0.1) is 64.6 Å². The van der Waals surface area contributed by atoms with Gasteiger partial charge in [-0.05, 0) is 56.9 Å². The first kappa shape index (κ1) is 31.2. The van der Waals surface area contributed by atoms with Gasteiger partial charge in [-0.25, -0.2) is 4.85 Å². The van der Waals surface area contributed by atoms with Crippen LogP contribution < -0.4 is 0 Å². The molecule has 0 aliphatic rings. The van der Waals surface area contributed by atoms with E-state index in [0.29, 0.717) is 55.3 Å². The molecule has 11 aromatic carbocycles. The lowest BCUT2D eigenvalue weighted by molar-refractivity contribution is 1.14. The molecule has 0 bridgehead atoms. The number of thiophene rings is 2. The van der Waals surface area contributed by atoms with Crippen LogP contribution in [0.25, 0.3) is 144 Å². The number of aromatic nitrogens is 2. The van der Waals surface area contributed by atoms with Gasteiger partial charge in [0.1, 0.15) is 6.07 Å². The summed E-state index contributed by atoms with van der Waals surface area (Å²) >= 11 is 3.39. The van der Waals surface area contributed by atoms with Gasteiger partial charge in [-0.2, -0.15) is 5.26 Å². The second-order valence-electron chi connectivity index (χ2n) is 17.1. The summed E-state index contributed by atoms with van der Waals surface area (Å²) in [6.45, 7) is 9.40. The third-order valence-electron chi connectivity index (χ3n) is 13.8. The maximum absolute atomic E-state index is 12.2. The second kappa shape index (κ2) is 13.9. The van der Waals surface area contributed by atoms with Gasteiger partial charge in [0.2, 0.25) is 5.69 Å². The highest BCUT2D eigenvalue weighted by molar-refractivity contribution is 7.27. The maximum atomic E-state index is 12.2. The summed E-state index contributed by atoms with van der Waals surface area (Å²) in [5, 5.41) is 20.3. The molecule has 4 aromatic heterocycles. The van der Waals surface area contributed by atoms with Crippen molar-refractivity contribution in [2.45, 2.75) is 0 Å². The van der Waals surface area contributed by atoms with Crippen LogP contribution in [0.2, 0.25) is 0 Å². The molecule has 15 aromatic rings. The molecule has 0 aliphatic carbocycles. The number of hydrogen-bond acceptors (Lipinski definition) is 3. The van der Waals surface area contributed by atoms with Gasteiger partial charge in [-0.3, -0.25) is 0 Å². The van der Waals surface area contributed by atoms with E-state index in [9.17, 15) is 18.7 Å². The molecule has 0 amide bonds. The van der Waals surface area contributed by atoms with E-state index in [4.69, 9.17) is 2.74 Å². The second-order valence-corrected chi connectivity index (χ2v) is 19.2. The van der Waals surface area contributed by atoms with Gasteiger partial charge in [0.15, 0.2) is 0 Å². The molecule has 0 fully saturated rings. The summed E-state index contributed by atoms with van der Waals surface area (Å²) < 4.78 is 73.8. The van der Waals surface area contributed by atoms with Crippen molar-refractivity contribution in [3.8, 4) is 39.7 Å². The van der Waals surface area contributed by atoms with Gasteiger partial charge >= 0.3 is 0 Å². The third-order valence-corrected chi connectivity index (χ3v) is 16.2. The Morgan fingerprint density at radius 2 is 0.985 bits per heavy atom. The topological polar surface area (TPSA) is 38.0 Å². The van der Waals surface area contributed by atoms with Gasteiger partial charge < -0.3 is 9.13 Å². The molecule has 0 saturated carbocycles. The zero-order valence-electron chi connectivity index (χ0n) is 42.5. The van der Waals surface area contributed by atoms with Crippen molar-refractivity contribution >= 4 is 134 Å². The zero-order valence-corrected chi connectivity index (χ0v) is 37.2. The zero-order chi connectivity index (χ0) is 50.9. The lowest BCUT2D eigenvalue weighted by Crippen LogP contribution is -2.09. The minimum atomic E-state index is -0.472. The number of hydrogen-bond donors (Lipinski definition) is 0. The molecule has 0 aliphatic heterocycles. The van der Waals surface area contributed by atoms with E-state index in [0.717, 1.165) is 62.2 Å². The van der Waals surface area contributed by atoms with Gasteiger partial charge in [0, 0.05) is 63.6 Å². The Morgan fingerprint density at radius 1 is 0.456 bits per heavy atom. The molecule has 15 rings (SSSR count). The molecule has 68 heavy (non-hydrogen) atoms. The summed E-state index contributed by atoms with van der Waals surface area (Å²) in [7, 11) is 0. The third kappa shape index (κ3) is 4.79. The van der Waals surface area contributed by atoms with E-state index in [1.165, 1.54) is 0 Å². The fraction of sp³-hybridized carbons (Fsp3) is 0. The predicted octanol–water partition coefficient (Wildman–Crippen LogP) is 18.1. The van der Waals surface area contributed by atoms with Crippen LogP contribution in [0.15, 0.2) is 194 Å². The van der Waals surface area contributed by atoms with Gasteiger partial charge in [-0.1, -0.05) is 170 Å². The molecular formula is C62H32N4S2. The molecule has 4 nitrogen and oxygen atoms in total. The van der Waals surface area contributed by atoms with Crippen LogP contribution in [-0.4, -0.2) is 9.13 Å². The van der Waals surface area contributed by atoms with Gasteiger partial charge in [-0.15, -0.1) is 22.7 Å². The van der Waals surface area contributed by atoms with Crippen LogP contribution in [0.4, 0.5) is 5.69 Å². The molecule has 0 N–H and O–H groups in total. The normalized spacial score (nSPS) is 13.5. The molecule has 4 heterocycles. The number of nitrogens with zero attached hydrogens (tertiary/aromatic N) is 4. The number of rotatable bonds is 4. The fourth-order valence-electron chi connectivity index (χ4n) is 11.1. The molecule has 6 heteroatoms. The monoisotopic (exact) mass is 903 g/mol. The summed E-state index contributed by atoms with van der Waals surface area (Å²) in [6.07, 6.45) is 0. The highest BCUT2D eigenvalue weighted by Gasteiger charge is 2.33. The Morgan fingerprint density at radius 3 is 1.60 bits per heavy atom. The van der Waals surface area contributed by atoms with E-state index in [2.05, 4.69) is 76.1 Å². The number of fused-ring (bicyclic) bond motifs is 14. The molecule has 0 saturated heterocycles. The fourth-order valence-corrected chi connectivity index (χ4v) is 13.6. The van der Waals surface area contributed by atoms with Crippen LogP contribution in [0, 0.1) is 17.9 Å². The summed E-state index contributed by atoms with van der Waals surface area (Å²) in [6, 6.07) is 50.3. The lowest BCUT2D eigenvalue weighted by atomic mass is 9.88. The Labute approximate surface area is 406 Å². The molecule has 0 radical (unpaired) electrons. The van der Waals surface area contributed by atoms with Crippen LogP contribution in [0.5, 0.6) is 0 Å². The number of benzene rings is 11. The van der Waals surface area contributed by atoms with E-state index in [1.54, 1.807) is 28.7 Å². The van der Waals surface area contributed by atoms with Crippen molar-refractivity contribution in [3.63, 3.8) is 0 Å². The minimum absolute atomic E-state index is 0.0893. The van der Waals surface area contributed by atoms with Gasteiger partial charge in [0.25, 0.3) is 0 Å². The molecule has 312 valence electrons. The van der Waals surface area contributed by atoms with E-state index in [-0.39, 0.29) is 57.1 Å². The summed E-state index contributed by atoms with van der Waals surface area (Å²) in [5.74, 6) is 0. The largest absolute Gasteiger partial charge is 0.318 e. The van der Waals surface area contributed by atoms with Crippen molar-refractivity contribution in [1.82, 2.24) is 9.13 Å². The first-order chi connectivity index (χ1) is 36.6. The summed E-state index contributed by atoms with van der Waals surface area (Å²) in [4.78, 5) is 4.46.